The summed E-state index contributed by atoms with van der Waals surface area (Å²) in [5.74, 6) is -0.211. The number of aliphatic hydroxyl groups excluding tert-OH is 3. The molecule has 4 atom stereocenters. The van der Waals surface area contributed by atoms with E-state index in [0.717, 1.165) is 11.1 Å². The van der Waals surface area contributed by atoms with Crippen LogP contribution in [0.5, 0.6) is 0 Å². The predicted molar refractivity (Wildman–Crippen MR) is 64.0 cm³/mol. The monoisotopic (exact) mass is 301 g/mol. The van der Waals surface area contributed by atoms with Crippen LogP contribution in [0.2, 0.25) is 0 Å². The Morgan fingerprint density at radius 2 is 2.19 bits per heavy atom. The number of imidazole rings is 1. The van der Waals surface area contributed by atoms with Gasteiger partial charge in [-0.05, 0) is 0 Å². The number of aromatic nitrogens is 4. The molecule has 0 radical (unpaired) electrons. The first-order chi connectivity index (χ1) is 10.0. The van der Waals surface area contributed by atoms with Gasteiger partial charge in [-0.3, -0.25) is 0 Å². The molecule has 3 heterocycles. The molecule has 2 aromatic heterocycles. The molecule has 5 N–H and O–H groups in total. The van der Waals surface area contributed by atoms with Crippen LogP contribution in [-0.2, 0) is 4.74 Å². The van der Waals surface area contributed by atoms with Gasteiger partial charge in [0.25, 0.3) is 0 Å². The lowest BCUT2D eigenvalue weighted by Crippen LogP contribution is -2.42. The second-order valence-electron chi connectivity index (χ2n) is 4.43. The van der Waals surface area contributed by atoms with Crippen LogP contribution in [0.4, 0.5) is 10.2 Å². The Bertz CT molecular complexity index is 667. The molecule has 1 fully saturated rings. The van der Waals surface area contributed by atoms with Gasteiger partial charge in [0.2, 0.25) is 6.10 Å². The minimum atomic E-state index is -1.46. The highest BCUT2D eigenvalue weighted by Gasteiger charge is 2.45. The summed E-state index contributed by atoms with van der Waals surface area (Å²) in [7, 11) is 0. The zero-order valence-corrected chi connectivity index (χ0v) is 10.5. The molecule has 3 rings (SSSR count). The molecule has 0 unspecified atom stereocenters. The van der Waals surface area contributed by atoms with Gasteiger partial charge in [-0.15, -0.1) is 0 Å². The van der Waals surface area contributed by atoms with Crippen LogP contribution in [-0.4, -0.2) is 66.2 Å². The van der Waals surface area contributed by atoms with Crippen LogP contribution in [0.3, 0.4) is 0 Å². The van der Waals surface area contributed by atoms with E-state index in [1.54, 1.807) is 0 Å². The Kier molecular flexibility index (Phi) is 3.33. The number of anilines is 1. The number of aliphatic hydroxyl groups is 3. The zero-order chi connectivity index (χ0) is 15.1. The number of hydrogen-bond acceptors (Lipinski definition) is 9. The number of rotatable bonds is 3. The fourth-order valence-electron chi connectivity index (χ4n) is 2.09. The highest BCUT2D eigenvalue weighted by molar-refractivity contribution is 5.81. The predicted octanol–water partition coefficient (Wildman–Crippen LogP) is -2.58. The smallest absolute Gasteiger partial charge is 0.312 e. The molecule has 0 amide bonds. The Morgan fingerprint density at radius 3 is 2.86 bits per heavy atom. The van der Waals surface area contributed by atoms with Crippen LogP contribution in [0, 0.1) is 6.08 Å². The van der Waals surface area contributed by atoms with Gasteiger partial charge < -0.3 is 30.6 Å². The quantitative estimate of drug-likeness (QED) is 0.448. The van der Waals surface area contributed by atoms with Crippen molar-refractivity contribution in [2.24, 2.45) is 0 Å². The fourth-order valence-corrected chi connectivity index (χ4v) is 2.09. The van der Waals surface area contributed by atoms with Crippen molar-refractivity contribution in [3.05, 3.63) is 12.4 Å². The minimum absolute atomic E-state index is 0.0402. The molecule has 21 heavy (non-hydrogen) atoms. The summed E-state index contributed by atoms with van der Waals surface area (Å²) in [5, 5.41) is 28.5. The summed E-state index contributed by atoms with van der Waals surface area (Å²) in [4.78, 5) is 15.9. The van der Waals surface area contributed by atoms with Gasteiger partial charge in [-0.25, -0.2) is 4.98 Å². The average Bonchev–Trinajstić information content (AvgIpc) is 2.94. The van der Waals surface area contributed by atoms with E-state index >= 15 is 0 Å². The Morgan fingerprint density at radius 1 is 1.43 bits per heavy atom. The topological polar surface area (TPSA) is 149 Å². The van der Waals surface area contributed by atoms with Crippen LogP contribution < -0.4 is 10.6 Å². The van der Waals surface area contributed by atoms with Crippen molar-refractivity contribution < 1.29 is 29.3 Å². The molecule has 2 aromatic rings. The number of nitrogens with two attached hydrogens (primary N) is 1. The van der Waals surface area contributed by atoms with Crippen molar-refractivity contribution in [1.82, 2.24) is 19.7 Å². The lowest BCUT2D eigenvalue weighted by molar-refractivity contribution is -0.147. The Labute approximate surface area is 116 Å². The van der Waals surface area contributed by atoms with E-state index in [1.807, 2.05) is 0 Å². The number of halogens is 1. The molecule has 114 valence electrons. The van der Waals surface area contributed by atoms with Gasteiger partial charge >= 0.3 is 6.08 Å². The summed E-state index contributed by atoms with van der Waals surface area (Å²) < 4.78 is 18.9. The van der Waals surface area contributed by atoms with Crippen LogP contribution in [0.15, 0.2) is 6.33 Å². The van der Waals surface area contributed by atoms with Crippen molar-refractivity contribution >= 4 is 17.0 Å². The third-order valence-corrected chi connectivity index (χ3v) is 3.10. The van der Waals surface area contributed by atoms with E-state index in [2.05, 4.69) is 15.0 Å². The lowest BCUT2D eigenvalue weighted by atomic mass is 10.1. The molecule has 0 aromatic carbocycles. The van der Waals surface area contributed by atoms with Crippen LogP contribution >= 0.6 is 0 Å². The second kappa shape index (κ2) is 5.04. The van der Waals surface area contributed by atoms with Crippen molar-refractivity contribution in [1.29, 1.82) is 0 Å². The largest absolute Gasteiger partial charge is 0.401 e. The Balaban J connectivity index is 1.92. The van der Waals surface area contributed by atoms with Crippen molar-refractivity contribution in [3.63, 3.8) is 0 Å². The number of hydrogen-bond donors (Lipinski definition) is 4. The summed E-state index contributed by atoms with van der Waals surface area (Å²) in [5.41, 5.74) is 5.62. The summed E-state index contributed by atoms with van der Waals surface area (Å²) in [6, 6.07) is 0. The lowest BCUT2D eigenvalue weighted by Gasteiger charge is -2.19. The fraction of sp³-hybridized carbons (Fsp3) is 0.500. The van der Waals surface area contributed by atoms with E-state index in [-0.39, 0.29) is 17.0 Å². The van der Waals surface area contributed by atoms with Crippen LogP contribution in [0.1, 0.15) is 0 Å². The third-order valence-electron chi connectivity index (χ3n) is 3.10. The minimum Gasteiger partial charge on any atom is -0.401 e. The third kappa shape index (κ3) is 2.25. The molecule has 1 aliphatic heterocycles. The molecule has 11 heteroatoms. The van der Waals surface area contributed by atoms with Gasteiger partial charge in [0, 0.05) is 0 Å². The molecule has 0 spiro atoms. The molecule has 1 aliphatic rings. The van der Waals surface area contributed by atoms with Gasteiger partial charge in [0.1, 0.15) is 18.5 Å². The second-order valence-corrected chi connectivity index (χ2v) is 4.43. The summed E-state index contributed by atoms with van der Waals surface area (Å²) in [6.07, 6.45) is -4.80. The highest BCUT2D eigenvalue weighted by atomic mass is 19.1. The number of ether oxygens (including phenoxy) is 1. The van der Waals surface area contributed by atoms with Gasteiger partial charge in [0.05, 0.1) is 6.61 Å². The van der Waals surface area contributed by atoms with Gasteiger partial charge in [-0.2, -0.15) is 19.1 Å². The number of nitrogens with zero attached hydrogens (tertiary/aromatic N) is 4. The average molecular weight is 301 g/mol. The molecular weight excluding hydrogens is 289 g/mol. The molecule has 10 nitrogen and oxygen atoms in total. The maximum absolute atomic E-state index is 13.0. The van der Waals surface area contributed by atoms with Crippen molar-refractivity contribution in [3.8, 4) is 0 Å². The standard InChI is InChI=1S/C10H12FN5O5/c11-10-14-7(12)4-8(15-10)13-2-16(4)21-6-5(18)3(1-17)20-9(6)19/h2-3,5-6,9,17-19H,1H2,(H2,12,14,15)/t3-,5-,6+,9-/m1/s1. The molecule has 1 saturated heterocycles. The molecule has 0 bridgehead atoms. The maximum atomic E-state index is 13.0. The summed E-state index contributed by atoms with van der Waals surface area (Å²) >= 11 is 0. The number of nitrogen functional groups attached to an aromatic ring is 1. The van der Waals surface area contributed by atoms with E-state index in [1.165, 1.54) is 0 Å². The van der Waals surface area contributed by atoms with E-state index < -0.39 is 37.3 Å². The zero-order valence-electron chi connectivity index (χ0n) is 10.5. The molecule has 0 aliphatic carbocycles. The first-order valence-electron chi connectivity index (χ1n) is 5.97. The number of fused-ring (bicyclic) bond motifs is 1. The highest BCUT2D eigenvalue weighted by Crippen LogP contribution is 2.22. The molecular formula is C10H12FN5O5. The molecule has 0 saturated carbocycles. The van der Waals surface area contributed by atoms with E-state index in [9.17, 15) is 14.6 Å². The van der Waals surface area contributed by atoms with Crippen LogP contribution in [0.25, 0.3) is 11.2 Å². The Hall–Kier alpha value is -2.08. The normalized spacial score (nSPS) is 29.1. The van der Waals surface area contributed by atoms with Gasteiger partial charge in [0.15, 0.2) is 23.3 Å². The first kappa shape index (κ1) is 13.9. The van der Waals surface area contributed by atoms with Crippen molar-refractivity contribution in [2.75, 3.05) is 12.3 Å². The SMILES string of the molecule is Nc1nc(F)nc2ncn(O[C@H]3[C@H](O)[C@@H](CO)O[C@H]3O)c12. The van der Waals surface area contributed by atoms with E-state index in [0.29, 0.717) is 0 Å². The van der Waals surface area contributed by atoms with Crippen molar-refractivity contribution in [2.45, 2.75) is 24.6 Å². The first-order valence-corrected chi connectivity index (χ1v) is 5.97. The van der Waals surface area contributed by atoms with Gasteiger partial charge in [-0.1, -0.05) is 0 Å². The summed E-state index contributed by atoms with van der Waals surface area (Å²) in [6.45, 7) is -0.487. The van der Waals surface area contributed by atoms with E-state index in [4.69, 9.17) is 20.4 Å². The maximum Gasteiger partial charge on any atom is 0.312 e.